The quantitative estimate of drug-likeness (QED) is 0.906. The summed E-state index contributed by atoms with van der Waals surface area (Å²) in [6.45, 7) is 4.68. The van der Waals surface area contributed by atoms with Crippen molar-refractivity contribution in [3.63, 3.8) is 0 Å². The second kappa shape index (κ2) is 5.27. The molecule has 5 nitrogen and oxygen atoms in total. The summed E-state index contributed by atoms with van der Waals surface area (Å²) in [5, 5.41) is 8.97. The van der Waals surface area contributed by atoms with Crippen molar-refractivity contribution in [1.82, 2.24) is 20.1 Å². The van der Waals surface area contributed by atoms with Crippen molar-refractivity contribution in [3.8, 4) is 0 Å². The van der Waals surface area contributed by atoms with Crippen LogP contribution in [0.2, 0.25) is 0 Å². The van der Waals surface area contributed by atoms with E-state index in [1.54, 1.807) is 0 Å². The lowest BCUT2D eigenvalue weighted by atomic mass is 10.2. The van der Waals surface area contributed by atoms with E-state index in [-0.39, 0.29) is 0 Å². The van der Waals surface area contributed by atoms with E-state index < -0.39 is 0 Å². The Kier molecular flexibility index (Phi) is 3.48. The minimum absolute atomic E-state index is 0.386. The molecule has 102 valence electrons. The summed E-state index contributed by atoms with van der Waals surface area (Å²) in [6.07, 6.45) is 4.67. The van der Waals surface area contributed by atoms with Gasteiger partial charge >= 0.3 is 0 Å². The first kappa shape index (κ1) is 12.6. The zero-order valence-corrected chi connectivity index (χ0v) is 11.5. The molecule has 3 heterocycles. The lowest BCUT2D eigenvalue weighted by Gasteiger charge is -2.10. The second-order valence-electron chi connectivity index (χ2n) is 5.19. The Morgan fingerprint density at radius 2 is 2.42 bits per heavy atom. The normalized spacial score (nSPS) is 19.4. The van der Waals surface area contributed by atoms with Crippen molar-refractivity contribution in [3.05, 3.63) is 23.5 Å². The van der Waals surface area contributed by atoms with E-state index in [2.05, 4.69) is 21.5 Å². The fraction of sp³-hybridized carbons (Fsp3) is 0.571. The minimum Gasteiger partial charge on any atom is -0.377 e. The van der Waals surface area contributed by atoms with Crippen LogP contribution in [0.1, 0.15) is 24.1 Å². The van der Waals surface area contributed by atoms with Crippen molar-refractivity contribution in [2.24, 2.45) is 7.05 Å². The van der Waals surface area contributed by atoms with Gasteiger partial charge in [-0.15, -0.1) is 0 Å². The van der Waals surface area contributed by atoms with Gasteiger partial charge in [0.05, 0.1) is 11.8 Å². The average molecular weight is 260 g/mol. The standard InChI is InChI=1S/C14H20N4O/c1-10-13-6-11(8-16-14(13)18(2)17-10)7-15-9-12-4-3-5-19-12/h6,8,12,15H,3-5,7,9H2,1-2H3. The molecular formula is C14H20N4O. The molecule has 1 aliphatic heterocycles. The molecule has 1 saturated heterocycles. The van der Waals surface area contributed by atoms with Gasteiger partial charge in [0.2, 0.25) is 0 Å². The summed E-state index contributed by atoms with van der Waals surface area (Å²) < 4.78 is 7.42. The molecule has 1 fully saturated rings. The predicted octanol–water partition coefficient (Wildman–Crippen LogP) is 1.55. The van der Waals surface area contributed by atoms with Crippen LogP contribution in [0.3, 0.4) is 0 Å². The molecule has 0 aromatic carbocycles. The molecule has 0 saturated carbocycles. The first-order valence-corrected chi connectivity index (χ1v) is 6.84. The molecular weight excluding hydrogens is 240 g/mol. The Morgan fingerprint density at radius 1 is 1.53 bits per heavy atom. The Labute approximate surface area is 113 Å². The smallest absolute Gasteiger partial charge is 0.157 e. The lowest BCUT2D eigenvalue weighted by molar-refractivity contribution is 0.110. The summed E-state index contributed by atoms with van der Waals surface area (Å²) in [5.41, 5.74) is 3.17. The number of rotatable bonds is 4. The molecule has 2 aromatic rings. The van der Waals surface area contributed by atoms with Crippen molar-refractivity contribution in [1.29, 1.82) is 0 Å². The molecule has 0 aliphatic carbocycles. The maximum atomic E-state index is 5.59. The molecule has 1 aliphatic rings. The van der Waals surface area contributed by atoms with Crippen LogP contribution in [0, 0.1) is 6.92 Å². The number of nitrogens with one attached hydrogen (secondary N) is 1. The van der Waals surface area contributed by atoms with E-state index >= 15 is 0 Å². The van der Waals surface area contributed by atoms with E-state index in [9.17, 15) is 0 Å². The number of fused-ring (bicyclic) bond motifs is 1. The Hall–Kier alpha value is -1.46. The van der Waals surface area contributed by atoms with Crippen LogP contribution in [0.25, 0.3) is 11.0 Å². The topological polar surface area (TPSA) is 52.0 Å². The summed E-state index contributed by atoms with van der Waals surface area (Å²) in [6, 6.07) is 2.17. The van der Waals surface area contributed by atoms with Crippen molar-refractivity contribution < 1.29 is 4.74 Å². The molecule has 0 spiro atoms. The highest BCUT2D eigenvalue weighted by Gasteiger charge is 2.14. The van der Waals surface area contributed by atoms with Crippen LogP contribution in [0.4, 0.5) is 0 Å². The summed E-state index contributed by atoms with van der Waals surface area (Å²) in [7, 11) is 1.93. The molecule has 0 bridgehead atoms. The van der Waals surface area contributed by atoms with Crippen LogP contribution >= 0.6 is 0 Å². The Bertz CT molecular complexity index is 572. The van der Waals surface area contributed by atoms with Crippen LogP contribution in [0.5, 0.6) is 0 Å². The van der Waals surface area contributed by atoms with E-state index in [4.69, 9.17) is 4.74 Å². The minimum atomic E-state index is 0.386. The largest absolute Gasteiger partial charge is 0.377 e. The number of hydrogen-bond acceptors (Lipinski definition) is 4. The number of ether oxygens (including phenoxy) is 1. The first-order chi connectivity index (χ1) is 9.24. The SMILES string of the molecule is Cc1nn(C)c2ncc(CNCC3CCCO3)cc12. The molecule has 2 aromatic heterocycles. The highest BCUT2D eigenvalue weighted by atomic mass is 16.5. The number of hydrogen-bond donors (Lipinski definition) is 1. The third-order valence-corrected chi connectivity index (χ3v) is 3.64. The van der Waals surface area contributed by atoms with Gasteiger partial charge in [0.25, 0.3) is 0 Å². The fourth-order valence-electron chi connectivity index (χ4n) is 2.63. The van der Waals surface area contributed by atoms with E-state index in [1.165, 1.54) is 18.4 Å². The highest BCUT2D eigenvalue weighted by Crippen LogP contribution is 2.16. The van der Waals surface area contributed by atoms with Crippen LogP contribution in [-0.2, 0) is 18.3 Å². The van der Waals surface area contributed by atoms with E-state index in [1.807, 2.05) is 24.9 Å². The third kappa shape index (κ3) is 2.62. The molecule has 5 heteroatoms. The van der Waals surface area contributed by atoms with Gasteiger partial charge in [0.1, 0.15) is 0 Å². The molecule has 1 atom stereocenters. The lowest BCUT2D eigenvalue weighted by Crippen LogP contribution is -2.25. The van der Waals surface area contributed by atoms with Gasteiger partial charge in [-0.25, -0.2) is 4.98 Å². The fourth-order valence-corrected chi connectivity index (χ4v) is 2.63. The molecule has 1 unspecified atom stereocenters. The number of pyridine rings is 1. The zero-order valence-electron chi connectivity index (χ0n) is 11.5. The zero-order chi connectivity index (χ0) is 13.2. The van der Waals surface area contributed by atoms with Gasteiger partial charge in [0.15, 0.2) is 5.65 Å². The van der Waals surface area contributed by atoms with Crippen molar-refractivity contribution in [2.75, 3.05) is 13.2 Å². The maximum absolute atomic E-state index is 5.59. The van der Waals surface area contributed by atoms with Gasteiger partial charge in [-0.1, -0.05) is 0 Å². The summed E-state index contributed by atoms with van der Waals surface area (Å²) in [4.78, 5) is 4.48. The Morgan fingerprint density at radius 3 is 3.21 bits per heavy atom. The summed E-state index contributed by atoms with van der Waals surface area (Å²) >= 11 is 0. The predicted molar refractivity (Wildman–Crippen MR) is 73.9 cm³/mol. The average Bonchev–Trinajstić information content (AvgIpc) is 3.00. The molecule has 0 amide bonds. The van der Waals surface area contributed by atoms with Gasteiger partial charge in [-0.05, 0) is 31.4 Å². The molecule has 3 rings (SSSR count). The van der Waals surface area contributed by atoms with Gasteiger partial charge in [-0.2, -0.15) is 5.10 Å². The number of aryl methyl sites for hydroxylation is 2. The second-order valence-corrected chi connectivity index (χ2v) is 5.19. The number of aromatic nitrogens is 3. The van der Waals surface area contributed by atoms with E-state index in [0.717, 1.165) is 36.4 Å². The molecule has 0 radical (unpaired) electrons. The monoisotopic (exact) mass is 260 g/mol. The summed E-state index contributed by atoms with van der Waals surface area (Å²) in [5.74, 6) is 0. The van der Waals surface area contributed by atoms with Gasteiger partial charge in [-0.3, -0.25) is 4.68 Å². The van der Waals surface area contributed by atoms with Gasteiger partial charge in [0, 0.05) is 38.3 Å². The maximum Gasteiger partial charge on any atom is 0.157 e. The van der Waals surface area contributed by atoms with Crippen molar-refractivity contribution in [2.45, 2.75) is 32.4 Å². The Balaban J connectivity index is 1.65. The third-order valence-electron chi connectivity index (χ3n) is 3.64. The van der Waals surface area contributed by atoms with Crippen LogP contribution in [-0.4, -0.2) is 34.0 Å². The first-order valence-electron chi connectivity index (χ1n) is 6.84. The highest BCUT2D eigenvalue weighted by molar-refractivity contribution is 5.78. The van der Waals surface area contributed by atoms with Crippen molar-refractivity contribution >= 4 is 11.0 Å². The molecule has 1 N–H and O–H groups in total. The number of nitrogens with zero attached hydrogens (tertiary/aromatic N) is 3. The van der Waals surface area contributed by atoms with Crippen LogP contribution < -0.4 is 5.32 Å². The van der Waals surface area contributed by atoms with Crippen LogP contribution in [0.15, 0.2) is 12.3 Å². The van der Waals surface area contributed by atoms with E-state index in [0.29, 0.717) is 6.10 Å². The van der Waals surface area contributed by atoms with Gasteiger partial charge < -0.3 is 10.1 Å². The molecule has 19 heavy (non-hydrogen) atoms.